The minimum absolute atomic E-state index is 0.262. The summed E-state index contributed by atoms with van der Waals surface area (Å²) in [6.07, 6.45) is 1.85. The number of hydrogen-bond acceptors (Lipinski definition) is 5. The van der Waals surface area contributed by atoms with E-state index in [0.29, 0.717) is 24.6 Å². The fourth-order valence-electron chi connectivity index (χ4n) is 2.11. The van der Waals surface area contributed by atoms with Gasteiger partial charge in [-0.25, -0.2) is 13.1 Å². The van der Waals surface area contributed by atoms with E-state index in [1.165, 1.54) is 18.4 Å². The largest absolute Gasteiger partial charge is 0.439 e. The van der Waals surface area contributed by atoms with Crippen molar-refractivity contribution < 1.29 is 13.2 Å². The van der Waals surface area contributed by atoms with Crippen LogP contribution in [0.3, 0.4) is 0 Å². The first-order valence-corrected chi connectivity index (χ1v) is 8.42. The number of hydrogen-bond donors (Lipinski definition) is 1. The number of aromatic nitrogens is 2. The van der Waals surface area contributed by atoms with Crippen molar-refractivity contribution in [3.05, 3.63) is 35.5 Å². The van der Waals surface area contributed by atoms with Gasteiger partial charge in [-0.3, -0.25) is 0 Å². The number of nitrogens with zero attached hydrogens (tertiary/aromatic N) is 2. The van der Waals surface area contributed by atoms with Crippen LogP contribution >= 0.6 is 0 Å². The van der Waals surface area contributed by atoms with Crippen LogP contribution in [0, 0.1) is 6.92 Å². The molecular weight excluding hydrogens is 290 g/mol. The zero-order valence-electron chi connectivity index (χ0n) is 12.3. The van der Waals surface area contributed by atoms with Gasteiger partial charge in [0.2, 0.25) is 5.88 Å². The van der Waals surface area contributed by atoms with Crippen molar-refractivity contribution in [1.29, 1.82) is 0 Å². The molecule has 1 aromatic heterocycles. The maximum atomic E-state index is 11.4. The minimum Gasteiger partial charge on any atom is -0.439 e. The van der Waals surface area contributed by atoms with Crippen LogP contribution < -0.4 is 10.5 Å². The molecule has 1 heterocycles. The van der Waals surface area contributed by atoms with Crippen molar-refractivity contribution in [3.63, 3.8) is 0 Å². The first-order valence-electron chi connectivity index (χ1n) is 6.53. The third kappa shape index (κ3) is 3.43. The minimum atomic E-state index is -3.20. The fourth-order valence-corrected chi connectivity index (χ4v) is 2.74. The van der Waals surface area contributed by atoms with Crippen LogP contribution in [0.15, 0.2) is 29.2 Å². The quantitative estimate of drug-likeness (QED) is 0.902. The molecule has 2 N–H and O–H groups in total. The van der Waals surface area contributed by atoms with Crippen molar-refractivity contribution >= 4 is 9.84 Å². The van der Waals surface area contributed by atoms with Crippen molar-refractivity contribution in [3.8, 4) is 11.6 Å². The highest BCUT2D eigenvalue weighted by Gasteiger charge is 2.15. The summed E-state index contributed by atoms with van der Waals surface area (Å²) in [5, 5.41) is 4.32. The highest BCUT2D eigenvalue weighted by Crippen LogP contribution is 2.28. The SMILES string of the molecule is Cc1nn(C)c(Oc2ccc(S(C)(=O)=O)cc2)c1CCN. The second kappa shape index (κ2) is 5.87. The van der Waals surface area contributed by atoms with Gasteiger partial charge < -0.3 is 10.5 Å². The third-order valence-corrected chi connectivity index (χ3v) is 4.28. The lowest BCUT2D eigenvalue weighted by Crippen LogP contribution is -2.05. The molecule has 2 rings (SSSR count). The maximum Gasteiger partial charge on any atom is 0.221 e. The van der Waals surface area contributed by atoms with E-state index in [9.17, 15) is 8.42 Å². The van der Waals surface area contributed by atoms with E-state index >= 15 is 0 Å². The van der Waals surface area contributed by atoms with Gasteiger partial charge in [-0.05, 0) is 44.2 Å². The Labute approximate surface area is 124 Å². The molecule has 0 aliphatic rings. The van der Waals surface area contributed by atoms with Crippen LogP contribution in [-0.2, 0) is 23.3 Å². The van der Waals surface area contributed by atoms with E-state index in [2.05, 4.69) is 5.10 Å². The van der Waals surface area contributed by atoms with E-state index in [-0.39, 0.29) is 4.90 Å². The Kier molecular flexibility index (Phi) is 4.34. The highest BCUT2D eigenvalue weighted by molar-refractivity contribution is 7.90. The number of rotatable bonds is 5. The Bertz CT molecular complexity index is 734. The topological polar surface area (TPSA) is 87.2 Å². The van der Waals surface area contributed by atoms with E-state index in [4.69, 9.17) is 10.5 Å². The molecule has 1 aromatic carbocycles. The molecule has 0 bridgehead atoms. The predicted molar refractivity (Wildman–Crippen MR) is 80.3 cm³/mol. The monoisotopic (exact) mass is 309 g/mol. The summed E-state index contributed by atoms with van der Waals surface area (Å²) >= 11 is 0. The lowest BCUT2D eigenvalue weighted by atomic mass is 10.2. The summed E-state index contributed by atoms with van der Waals surface area (Å²) in [6, 6.07) is 6.31. The van der Waals surface area contributed by atoms with Gasteiger partial charge in [0.05, 0.1) is 10.6 Å². The maximum absolute atomic E-state index is 11.4. The van der Waals surface area contributed by atoms with Crippen LogP contribution in [0.5, 0.6) is 11.6 Å². The molecule has 0 fully saturated rings. The van der Waals surface area contributed by atoms with Crippen LogP contribution in [0.25, 0.3) is 0 Å². The lowest BCUT2D eigenvalue weighted by Gasteiger charge is -2.09. The van der Waals surface area contributed by atoms with Crippen molar-refractivity contribution in [2.75, 3.05) is 12.8 Å². The fraction of sp³-hybridized carbons (Fsp3) is 0.357. The van der Waals surface area contributed by atoms with Gasteiger partial charge in [0, 0.05) is 18.9 Å². The molecule has 0 atom stereocenters. The molecule has 21 heavy (non-hydrogen) atoms. The molecule has 2 aromatic rings. The van der Waals surface area contributed by atoms with Gasteiger partial charge >= 0.3 is 0 Å². The number of sulfone groups is 1. The second-order valence-electron chi connectivity index (χ2n) is 4.88. The first-order chi connectivity index (χ1) is 9.82. The molecule has 0 spiro atoms. The molecule has 114 valence electrons. The van der Waals surface area contributed by atoms with Crippen LogP contribution in [0.4, 0.5) is 0 Å². The zero-order chi connectivity index (χ0) is 15.6. The van der Waals surface area contributed by atoms with E-state index < -0.39 is 9.84 Å². The van der Waals surface area contributed by atoms with Gasteiger partial charge in [0.1, 0.15) is 5.75 Å². The summed E-state index contributed by atoms with van der Waals surface area (Å²) < 4.78 is 30.3. The van der Waals surface area contributed by atoms with Crippen molar-refractivity contribution in [2.45, 2.75) is 18.2 Å². The van der Waals surface area contributed by atoms with Crippen LogP contribution in [0.2, 0.25) is 0 Å². The first kappa shape index (κ1) is 15.5. The molecule has 0 radical (unpaired) electrons. The van der Waals surface area contributed by atoms with E-state index in [1.807, 2.05) is 6.92 Å². The number of benzene rings is 1. The van der Waals surface area contributed by atoms with Gasteiger partial charge in [0.25, 0.3) is 0 Å². The van der Waals surface area contributed by atoms with Crippen molar-refractivity contribution in [1.82, 2.24) is 9.78 Å². The average Bonchev–Trinajstić information content (AvgIpc) is 2.66. The Hall–Kier alpha value is -1.86. The normalized spacial score (nSPS) is 11.6. The van der Waals surface area contributed by atoms with Gasteiger partial charge in [-0.15, -0.1) is 0 Å². The smallest absolute Gasteiger partial charge is 0.221 e. The van der Waals surface area contributed by atoms with E-state index in [1.54, 1.807) is 23.9 Å². The van der Waals surface area contributed by atoms with Crippen LogP contribution in [0.1, 0.15) is 11.3 Å². The zero-order valence-corrected chi connectivity index (χ0v) is 13.1. The van der Waals surface area contributed by atoms with Gasteiger partial charge in [0.15, 0.2) is 9.84 Å². The molecule has 0 amide bonds. The molecule has 0 unspecified atom stereocenters. The standard InChI is InChI=1S/C14H19N3O3S/c1-10-13(8-9-15)14(17(2)16-10)20-11-4-6-12(7-5-11)21(3,18)19/h4-7H,8-9,15H2,1-3H3. The Morgan fingerprint density at radius 2 is 1.90 bits per heavy atom. The number of ether oxygens (including phenoxy) is 1. The molecule has 7 heteroatoms. The van der Waals surface area contributed by atoms with Gasteiger partial charge in [-0.1, -0.05) is 0 Å². The number of aryl methyl sites for hydroxylation is 2. The highest BCUT2D eigenvalue weighted by atomic mass is 32.2. The average molecular weight is 309 g/mol. The van der Waals surface area contributed by atoms with E-state index in [0.717, 1.165) is 11.3 Å². The number of nitrogens with two attached hydrogens (primary N) is 1. The summed E-state index contributed by atoms with van der Waals surface area (Å²) in [4.78, 5) is 0.262. The molecule has 0 aliphatic heterocycles. The Morgan fingerprint density at radius 3 is 2.43 bits per heavy atom. The van der Waals surface area contributed by atoms with Crippen LogP contribution in [-0.4, -0.2) is 31.0 Å². The summed E-state index contributed by atoms with van der Waals surface area (Å²) in [7, 11) is -1.40. The van der Waals surface area contributed by atoms with Crippen molar-refractivity contribution in [2.24, 2.45) is 12.8 Å². The Morgan fingerprint density at radius 1 is 1.29 bits per heavy atom. The predicted octanol–water partition coefficient (Wildman–Crippen LogP) is 1.43. The summed E-state index contributed by atoms with van der Waals surface area (Å²) in [6.45, 7) is 2.42. The molecule has 0 saturated heterocycles. The molecule has 0 aliphatic carbocycles. The summed E-state index contributed by atoms with van der Waals surface area (Å²) in [5.41, 5.74) is 7.45. The van der Waals surface area contributed by atoms with Gasteiger partial charge in [-0.2, -0.15) is 5.10 Å². The second-order valence-corrected chi connectivity index (χ2v) is 6.89. The lowest BCUT2D eigenvalue weighted by molar-refractivity contribution is 0.425. The molecule has 0 saturated carbocycles. The molecular formula is C14H19N3O3S. The molecule has 6 nitrogen and oxygen atoms in total. The Balaban J connectivity index is 2.30. The summed E-state index contributed by atoms with van der Waals surface area (Å²) in [5.74, 6) is 1.19. The third-order valence-electron chi connectivity index (χ3n) is 3.15.